The number of nitro groups is 1. The van der Waals surface area contributed by atoms with Crippen LogP contribution in [-0.2, 0) is 9.59 Å². The lowest BCUT2D eigenvalue weighted by atomic mass is 9.76. The zero-order valence-electron chi connectivity index (χ0n) is 17.0. The number of carbonyl (C=O) groups is 2. The number of likely N-dealkylation sites (tertiary alicyclic amines) is 1. The molecule has 0 aromatic heterocycles. The van der Waals surface area contributed by atoms with Gasteiger partial charge in [-0.05, 0) is 24.3 Å². The number of imide groups is 1. The van der Waals surface area contributed by atoms with Crippen molar-refractivity contribution in [1.29, 1.82) is 0 Å². The summed E-state index contributed by atoms with van der Waals surface area (Å²) in [4.78, 5) is 41.0. The number of halogens is 1. The number of hydrogen-bond donors (Lipinski definition) is 0. The second kappa shape index (κ2) is 8.29. The van der Waals surface area contributed by atoms with E-state index in [9.17, 15) is 24.1 Å². The van der Waals surface area contributed by atoms with Crippen molar-refractivity contribution in [1.82, 2.24) is 9.80 Å². The second-order valence-corrected chi connectivity index (χ2v) is 8.72. The van der Waals surface area contributed by atoms with Gasteiger partial charge in [-0.1, -0.05) is 12.8 Å². The maximum absolute atomic E-state index is 14.2. The number of amides is 2. The largest absolute Gasteiger partial charge is 0.366 e. The maximum Gasteiger partial charge on any atom is 0.271 e. The van der Waals surface area contributed by atoms with Crippen LogP contribution >= 0.6 is 0 Å². The Morgan fingerprint density at radius 2 is 1.63 bits per heavy atom. The van der Waals surface area contributed by atoms with Gasteiger partial charge in [-0.2, -0.15) is 0 Å². The molecule has 9 heteroatoms. The molecular formula is C21H27FN4O4. The van der Waals surface area contributed by atoms with Crippen molar-refractivity contribution in [3.63, 3.8) is 0 Å². The predicted molar refractivity (Wildman–Crippen MR) is 109 cm³/mol. The molecule has 0 unspecified atom stereocenters. The van der Waals surface area contributed by atoms with Crippen LogP contribution in [0.4, 0.5) is 15.8 Å². The minimum absolute atomic E-state index is 0.0505. The molecule has 2 saturated heterocycles. The Hall–Kier alpha value is -2.55. The Morgan fingerprint density at radius 1 is 1.00 bits per heavy atom. The van der Waals surface area contributed by atoms with E-state index in [0.29, 0.717) is 52.1 Å². The Bertz CT molecular complexity index is 827. The summed E-state index contributed by atoms with van der Waals surface area (Å²) < 4.78 is 14.2. The summed E-state index contributed by atoms with van der Waals surface area (Å²) in [6, 6.07) is 3.57. The fourth-order valence-electron chi connectivity index (χ4n) is 5.07. The Kier molecular flexibility index (Phi) is 5.73. The van der Waals surface area contributed by atoms with E-state index in [1.165, 1.54) is 11.0 Å². The number of hydrogen-bond acceptors (Lipinski definition) is 6. The molecule has 1 aromatic rings. The number of benzene rings is 1. The lowest BCUT2D eigenvalue weighted by Crippen LogP contribution is -2.52. The van der Waals surface area contributed by atoms with Crippen LogP contribution in [0.5, 0.6) is 0 Å². The van der Waals surface area contributed by atoms with Crippen LogP contribution in [0.25, 0.3) is 0 Å². The van der Waals surface area contributed by atoms with Gasteiger partial charge in [-0.15, -0.1) is 0 Å². The SMILES string of the molecule is O=C1CC2(CCCC2)CC(=O)N1CCN1CCN(c2cc([N+](=O)[O-])ccc2F)CC1. The van der Waals surface area contributed by atoms with E-state index in [0.717, 1.165) is 37.8 Å². The molecule has 1 saturated carbocycles. The van der Waals surface area contributed by atoms with Gasteiger partial charge in [0.25, 0.3) is 5.69 Å². The van der Waals surface area contributed by atoms with Crippen molar-refractivity contribution in [3.8, 4) is 0 Å². The van der Waals surface area contributed by atoms with Crippen LogP contribution in [0.1, 0.15) is 38.5 Å². The molecule has 4 rings (SSSR count). The first-order valence-corrected chi connectivity index (χ1v) is 10.6. The first kappa shape index (κ1) is 20.7. The summed E-state index contributed by atoms with van der Waals surface area (Å²) in [5.41, 5.74) is 0.0293. The van der Waals surface area contributed by atoms with Crippen molar-refractivity contribution < 1.29 is 18.9 Å². The molecule has 0 N–H and O–H groups in total. The number of anilines is 1. The zero-order valence-corrected chi connectivity index (χ0v) is 17.0. The Balaban J connectivity index is 1.29. The fraction of sp³-hybridized carbons (Fsp3) is 0.619. The van der Waals surface area contributed by atoms with Crippen molar-refractivity contribution in [3.05, 3.63) is 34.1 Å². The molecule has 1 spiro atoms. The lowest BCUT2D eigenvalue weighted by Gasteiger charge is -2.39. The molecule has 0 radical (unpaired) electrons. The fourth-order valence-corrected chi connectivity index (χ4v) is 5.07. The lowest BCUT2D eigenvalue weighted by molar-refractivity contribution is -0.384. The third-order valence-corrected chi connectivity index (χ3v) is 6.81. The molecule has 2 heterocycles. The maximum atomic E-state index is 14.2. The number of carbonyl (C=O) groups excluding carboxylic acids is 2. The van der Waals surface area contributed by atoms with Gasteiger partial charge < -0.3 is 4.90 Å². The summed E-state index contributed by atoms with van der Waals surface area (Å²) in [5, 5.41) is 11.0. The number of non-ortho nitro benzene ring substituents is 1. The molecule has 3 fully saturated rings. The molecule has 1 aromatic carbocycles. The van der Waals surface area contributed by atoms with Crippen LogP contribution in [0, 0.1) is 21.3 Å². The molecule has 0 bridgehead atoms. The van der Waals surface area contributed by atoms with E-state index in [2.05, 4.69) is 4.90 Å². The van der Waals surface area contributed by atoms with Crippen LogP contribution in [0.2, 0.25) is 0 Å². The van der Waals surface area contributed by atoms with E-state index in [1.807, 2.05) is 0 Å². The molecule has 0 atom stereocenters. The van der Waals surface area contributed by atoms with E-state index >= 15 is 0 Å². The summed E-state index contributed by atoms with van der Waals surface area (Å²) in [5.74, 6) is -0.574. The molecule has 3 aliphatic rings. The summed E-state index contributed by atoms with van der Waals surface area (Å²) >= 11 is 0. The van der Waals surface area contributed by atoms with E-state index in [4.69, 9.17) is 0 Å². The highest BCUT2D eigenvalue weighted by Crippen LogP contribution is 2.46. The minimum Gasteiger partial charge on any atom is -0.366 e. The topological polar surface area (TPSA) is 87.0 Å². The first-order chi connectivity index (χ1) is 14.4. The predicted octanol–water partition coefficient (Wildman–Crippen LogP) is 2.57. The molecule has 30 heavy (non-hydrogen) atoms. The van der Waals surface area contributed by atoms with Gasteiger partial charge in [0.1, 0.15) is 5.82 Å². The highest BCUT2D eigenvalue weighted by atomic mass is 19.1. The van der Waals surface area contributed by atoms with Gasteiger partial charge >= 0.3 is 0 Å². The van der Waals surface area contributed by atoms with Gasteiger partial charge in [0.15, 0.2) is 0 Å². The second-order valence-electron chi connectivity index (χ2n) is 8.72. The van der Waals surface area contributed by atoms with E-state index in [-0.39, 0.29) is 28.6 Å². The highest BCUT2D eigenvalue weighted by molar-refractivity contribution is 5.98. The van der Waals surface area contributed by atoms with Crippen LogP contribution < -0.4 is 4.90 Å². The average molecular weight is 418 g/mol. The first-order valence-electron chi connectivity index (χ1n) is 10.6. The van der Waals surface area contributed by atoms with Crippen molar-refractivity contribution in [2.75, 3.05) is 44.2 Å². The number of nitro benzene ring substituents is 1. The van der Waals surface area contributed by atoms with Gasteiger partial charge in [0.2, 0.25) is 11.8 Å². The Morgan fingerprint density at radius 3 is 2.23 bits per heavy atom. The monoisotopic (exact) mass is 418 g/mol. The van der Waals surface area contributed by atoms with Crippen LogP contribution in [-0.4, -0.2) is 65.8 Å². The summed E-state index contributed by atoms with van der Waals surface area (Å²) in [6.07, 6.45) is 5.14. The van der Waals surface area contributed by atoms with Gasteiger partial charge in [0.05, 0.1) is 10.6 Å². The molecule has 8 nitrogen and oxygen atoms in total. The third kappa shape index (κ3) is 4.16. The number of rotatable bonds is 5. The Labute approximate surface area is 174 Å². The summed E-state index contributed by atoms with van der Waals surface area (Å²) in [6.45, 7) is 3.32. The van der Waals surface area contributed by atoms with Gasteiger partial charge in [-0.25, -0.2) is 4.39 Å². The zero-order chi connectivity index (χ0) is 21.3. The van der Waals surface area contributed by atoms with Crippen molar-refractivity contribution in [2.24, 2.45) is 5.41 Å². The van der Waals surface area contributed by atoms with Gasteiger partial charge in [0, 0.05) is 64.2 Å². The molecule has 2 aliphatic heterocycles. The van der Waals surface area contributed by atoms with Crippen molar-refractivity contribution in [2.45, 2.75) is 38.5 Å². The standard InChI is InChI=1S/C21H27FN4O4/c22-17-4-3-16(26(29)30)13-18(17)24-10-7-23(8-11-24)9-12-25-19(27)14-21(15-20(25)28)5-1-2-6-21/h3-4,13H,1-2,5-12,14-15H2. The average Bonchev–Trinajstić information content (AvgIpc) is 3.15. The van der Waals surface area contributed by atoms with Crippen LogP contribution in [0.3, 0.4) is 0 Å². The normalized spacial score (nSPS) is 22.2. The molecular weight excluding hydrogens is 391 g/mol. The quantitative estimate of drug-likeness (QED) is 0.415. The number of nitrogens with zero attached hydrogens (tertiary/aromatic N) is 4. The third-order valence-electron chi connectivity index (χ3n) is 6.81. The smallest absolute Gasteiger partial charge is 0.271 e. The van der Waals surface area contributed by atoms with E-state index in [1.54, 1.807) is 4.90 Å². The molecule has 162 valence electrons. The molecule has 1 aliphatic carbocycles. The number of piperazine rings is 1. The van der Waals surface area contributed by atoms with Gasteiger partial charge in [-0.3, -0.25) is 29.5 Å². The highest BCUT2D eigenvalue weighted by Gasteiger charge is 2.44. The minimum atomic E-state index is -0.526. The number of piperidine rings is 1. The van der Waals surface area contributed by atoms with Crippen LogP contribution in [0.15, 0.2) is 18.2 Å². The summed E-state index contributed by atoms with van der Waals surface area (Å²) in [7, 11) is 0. The molecule has 2 amide bonds. The van der Waals surface area contributed by atoms with E-state index < -0.39 is 10.7 Å². The van der Waals surface area contributed by atoms with Crippen molar-refractivity contribution >= 4 is 23.2 Å².